The number of carbonyl (C=O) groups excluding carboxylic acids is 1. The molecule has 0 saturated carbocycles. The third kappa shape index (κ3) is 3.37. The summed E-state index contributed by atoms with van der Waals surface area (Å²) in [5, 5.41) is 0. The second kappa shape index (κ2) is 6.91. The summed E-state index contributed by atoms with van der Waals surface area (Å²) in [5.74, 6) is 0.810. The van der Waals surface area contributed by atoms with Gasteiger partial charge in [-0.05, 0) is 37.8 Å². The Morgan fingerprint density at radius 3 is 2.78 bits per heavy atom. The predicted octanol–water partition coefficient (Wildman–Crippen LogP) is 3.26. The van der Waals surface area contributed by atoms with Crippen LogP contribution >= 0.6 is 0 Å². The largest absolute Gasteiger partial charge is 0.496 e. The highest BCUT2D eigenvalue weighted by Gasteiger charge is 2.43. The fourth-order valence-corrected chi connectivity index (χ4v) is 4.50. The lowest BCUT2D eigenvalue weighted by Gasteiger charge is -2.51. The van der Waals surface area contributed by atoms with Crippen LogP contribution in [0.4, 0.5) is 0 Å². The highest BCUT2D eigenvalue weighted by atomic mass is 16.5. The smallest absolute Gasteiger partial charge is 0.341 e. The van der Waals surface area contributed by atoms with Gasteiger partial charge in [-0.2, -0.15) is 0 Å². The van der Waals surface area contributed by atoms with Gasteiger partial charge in [0.2, 0.25) is 0 Å². The molecule has 0 aromatic heterocycles. The summed E-state index contributed by atoms with van der Waals surface area (Å²) in [7, 11) is 3.97. The molecule has 126 valence electrons. The average Bonchev–Trinajstić information content (AvgIpc) is 2.58. The number of esters is 1. The van der Waals surface area contributed by atoms with E-state index in [0.717, 1.165) is 0 Å². The molecular weight excluding hydrogens is 290 g/mol. The van der Waals surface area contributed by atoms with E-state index in [4.69, 9.17) is 9.47 Å². The van der Waals surface area contributed by atoms with Gasteiger partial charge in [0.1, 0.15) is 17.9 Å². The number of hydrogen-bond donors (Lipinski definition) is 0. The standard InChI is InChI=1S/C19H28NO3/c1-20-12-6-5-10-17(20)15(8-7-13-20)14-23-19(21)16-9-3-4-11-18(16)22-2/h3-4,9,11,15,17H,5-8,10,12-14H2,1-2H3/q+1/t15-,17+,20+/m0/s1. The molecule has 1 aromatic rings. The van der Waals surface area contributed by atoms with Crippen LogP contribution in [0.3, 0.4) is 0 Å². The summed E-state index contributed by atoms with van der Waals surface area (Å²) in [6.07, 6.45) is 6.34. The highest BCUT2D eigenvalue weighted by molar-refractivity contribution is 5.92. The number of para-hydroxylation sites is 1. The van der Waals surface area contributed by atoms with Gasteiger partial charge in [0, 0.05) is 12.3 Å². The maximum atomic E-state index is 12.4. The molecule has 3 atom stereocenters. The number of rotatable bonds is 4. The number of methoxy groups -OCH3 is 1. The number of piperidine rings is 2. The topological polar surface area (TPSA) is 35.5 Å². The molecule has 0 spiro atoms. The Hall–Kier alpha value is -1.55. The molecule has 0 unspecified atom stereocenters. The van der Waals surface area contributed by atoms with Crippen LogP contribution in [-0.2, 0) is 4.74 Å². The van der Waals surface area contributed by atoms with E-state index in [1.54, 1.807) is 19.2 Å². The lowest BCUT2D eigenvalue weighted by atomic mass is 9.82. The molecule has 1 aromatic carbocycles. The molecular formula is C19H28NO3+. The molecule has 4 heteroatoms. The summed E-state index contributed by atoms with van der Waals surface area (Å²) in [6, 6.07) is 7.92. The Balaban J connectivity index is 1.64. The van der Waals surface area contributed by atoms with Crippen LogP contribution in [0, 0.1) is 5.92 Å². The fourth-order valence-electron chi connectivity index (χ4n) is 4.50. The van der Waals surface area contributed by atoms with Crippen molar-refractivity contribution in [3.63, 3.8) is 0 Å². The lowest BCUT2D eigenvalue weighted by Crippen LogP contribution is -2.61. The zero-order valence-electron chi connectivity index (χ0n) is 14.3. The van der Waals surface area contributed by atoms with E-state index in [1.165, 1.54) is 49.7 Å². The number of fused-ring (bicyclic) bond motifs is 1. The molecule has 0 radical (unpaired) electrons. The monoisotopic (exact) mass is 318 g/mol. The molecule has 0 N–H and O–H groups in total. The van der Waals surface area contributed by atoms with E-state index < -0.39 is 0 Å². The van der Waals surface area contributed by atoms with Crippen molar-refractivity contribution in [2.24, 2.45) is 5.92 Å². The van der Waals surface area contributed by atoms with Crippen molar-refractivity contribution < 1.29 is 18.8 Å². The minimum absolute atomic E-state index is 0.266. The van der Waals surface area contributed by atoms with Gasteiger partial charge in [-0.1, -0.05) is 12.1 Å². The van der Waals surface area contributed by atoms with Gasteiger partial charge >= 0.3 is 5.97 Å². The van der Waals surface area contributed by atoms with Crippen molar-refractivity contribution in [1.82, 2.24) is 0 Å². The van der Waals surface area contributed by atoms with E-state index in [9.17, 15) is 4.79 Å². The van der Waals surface area contributed by atoms with Crippen molar-refractivity contribution >= 4 is 5.97 Å². The summed E-state index contributed by atoms with van der Waals surface area (Å²) >= 11 is 0. The molecule has 0 bridgehead atoms. The van der Waals surface area contributed by atoms with Gasteiger partial charge in [0.15, 0.2) is 0 Å². The quantitative estimate of drug-likeness (QED) is 0.631. The van der Waals surface area contributed by atoms with E-state index in [1.807, 2.05) is 12.1 Å². The van der Waals surface area contributed by atoms with Gasteiger partial charge in [-0.25, -0.2) is 4.79 Å². The normalized spacial score (nSPS) is 30.3. The molecule has 23 heavy (non-hydrogen) atoms. The minimum atomic E-state index is -0.266. The number of ether oxygens (including phenoxy) is 2. The summed E-state index contributed by atoms with van der Waals surface area (Å²) in [6.45, 7) is 3.10. The molecule has 2 aliphatic heterocycles. The average molecular weight is 318 g/mol. The SMILES string of the molecule is COc1ccccc1C(=O)OC[C@@H]1CCC[N@@+]2(C)CCCC[C@H]12. The third-order valence-electron chi connectivity index (χ3n) is 5.76. The zero-order valence-corrected chi connectivity index (χ0v) is 14.3. The Morgan fingerprint density at radius 2 is 1.96 bits per heavy atom. The van der Waals surface area contributed by atoms with Crippen molar-refractivity contribution in [3.05, 3.63) is 29.8 Å². The molecule has 4 nitrogen and oxygen atoms in total. The van der Waals surface area contributed by atoms with E-state index in [0.29, 0.717) is 29.9 Å². The summed E-state index contributed by atoms with van der Waals surface area (Å²) < 4.78 is 12.1. The molecule has 2 fully saturated rings. The van der Waals surface area contributed by atoms with Gasteiger partial charge in [-0.15, -0.1) is 0 Å². The third-order valence-corrected chi connectivity index (χ3v) is 5.76. The number of hydrogen-bond acceptors (Lipinski definition) is 3. The number of quaternary nitrogens is 1. The van der Waals surface area contributed by atoms with Crippen LogP contribution < -0.4 is 4.74 Å². The Kier molecular flexibility index (Phi) is 4.90. The first-order chi connectivity index (χ1) is 11.1. The van der Waals surface area contributed by atoms with E-state index in [-0.39, 0.29) is 5.97 Å². The molecule has 2 saturated heterocycles. The maximum absolute atomic E-state index is 12.4. The number of nitrogens with zero attached hydrogens (tertiary/aromatic N) is 1. The van der Waals surface area contributed by atoms with Gasteiger partial charge in [0.05, 0.1) is 33.3 Å². The van der Waals surface area contributed by atoms with Gasteiger partial charge in [-0.3, -0.25) is 0 Å². The maximum Gasteiger partial charge on any atom is 0.341 e. The van der Waals surface area contributed by atoms with Crippen molar-refractivity contribution in [2.75, 3.05) is 33.9 Å². The number of carbonyl (C=O) groups is 1. The minimum Gasteiger partial charge on any atom is -0.496 e. The Bertz CT molecular complexity index is 555. The van der Waals surface area contributed by atoms with Crippen molar-refractivity contribution in [2.45, 2.75) is 38.1 Å². The molecule has 2 aliphatic rings. The summed E-state index contributed by atoms with van der Waals surface area (Å²) in [4.78, 5) is 12.4. The number of benzene rings is 1. The van der Waals surface area contributed by atoms with Gasteiger partial charge in [0.25, 0.3) is 0 Å². The van der Waals surface area contributed by atoms with Crippen LogP contribution in [-0.4, -0.2) is 50.3 Å². The second-order valence-corrected chi connectivity index (χ2v) is 7.19. The first-order valence-electron chi connectivity index (χ1n) is 8.78. The molecule has 0 amide bonds. The van der Waals surface area contributed by atoms with Gasteiger partial charge < -0.3 is 14.0 Å². The molecule has 3 rings (SSSR count). The summed E-state index contributed by atoms with van der Waals surface area (Å²) in [5.41, 5.74) is 0.520. The van der Waals surface area contributed by atoms with Crippen LogP contribution in [0.1, 0.15) is 42.5 Å². The fraction of sp³-hybridized carbons (Fsp3) is 0.632. The lowest BCUT2D eigenvalue weighted by molar-refractivity contribution is -0.947. The van der Waals surface area contributed by atoms with Crippen LogP contribution in [0.15, 0.2) is 24.3 Å². The highest BCUT2D eigenvalue weighted by Crippen LogP contribution is 2.36. The molecule has 0 aliphatic carbocycles. The van der Waals surface area contributed by atoms with Crippen LogP contribution in [0.2, 0.25) is 0 Å². The predicted molar refractivity (Wildman–Crippen MR) is 89.6 cm³/mol. The first-order valence-corrected chi connectivity index (χ1v) is 8.78. The molecule has 2 heterocycles. The van der Waals surface area contributed by atoms with Crippen molar-refractivity contribution in [3.8, 4) is 5.75 Å². The first kappa shape index (κ1) is 16.3. The Labute approximate surface area is 139 Å². The van der Waals surface area contributed by atoms with Crippen LogP contribution in [0.5, 0.6) is 5.75 Å². The van der Waals surface area contributed by atoms with Crippen molar-refractivity contribution in [1.29, 1.82) is 0 Å². The van der Waals surface area contributed by atoms with E-state index >= 15 is 0 Å². The zero-order chi connectivity index (χ0) is 16.3. The Morgan fingerprint density at radius 1 is 1.17 bits per heavy atom. The van der Waals surface area contributed by atoms with E-state index in [2.05, 4.69) is 7.05 Å². The second-order valence-electron chi connectivity index (χ2n) is 7.19. The van der Waals surface area contributed by atoms with Crippen LogP contribution in [0.25, 0.3) is 0 Å².